The maximum absolute atomic E-state index is 14.4. The Labute approximate surface area is 165 Å². The summed E-state index contributed by atoms with van der Waals surface area (Å²) < 4.78 is 14.4. The monoisotopic (exact) mass is 388 g/mol. The summed E-state index contributed by atoms with van der Waals surface area (Å²) in [5.41, 5.74) is 2.06. The van der Waals surface area contributed by atoms with Gasteiger partial charge in [0.2, 0.25) is 0 Å². The summed E-state index contributed by atoms with van der Waals surface area (Å²) in [6.07, 6.45) is 4.46. The molecule has 3 nitrogen and oxygen atoms in total. The molecule has 4 rings (SSSR count). The Hall–Kier alpha value is -1.46. The van der Waals surface area contributed by atoms with E-state index in [2.05, 4.69) is 40.5 Å². The zero-order valence-corrected chi connectivity index (χ0v) is 16.1. The van der Waals surface area contributed by atoms with E-state index >= 15 is 0 Å². The van der Waals surface area contributed by atoms with E-state index in [4.69, 9.17) is 11.6 Å². The average molecular weight is 389 g/mol. The van der Waals surface area contributed by atoms with Crippen LogP contribution >= 0.6 is 11.6 Å². The smallest absolute Gasteiger partial charge is 0.146 e. The third-order valence-electron chi connectivity index (χ3n) is 6.06. The Balaban J connectivity index is 1.42. The van der Waals surface area contributed by atoms with E-state index in [-0.39, 0.29) is 23.2 Å². The van der Waals surface area contributed by atoms with Crippen molar-refractivity contribution in [2.45, 2.75) is 49.9 Å². The average Bonchev–Trinajstić information content (AvgIpc) is 3.45. The quantitative estimate of drug-likeness (QED) is 0.774. The topological polar surface area (TPSA) is 35.5 Å². The Morgan fingerprint density at radius 3 is 2.67 bits per heavy atom. The summed E-state index contributed by atoms with van der Waals surface area (Å²) in [6, 6.07) is 15.4. The van der Waals surface area contributed by atoms with E-state index in [1.807, 2.05) is 0 Å². The lowest BCUT2D eigenvalue weighted by atomic mass is 9.93. The predicted octanol–water partition coefficient (Wildman–Crippen LogP) is 4.30. The first-order valence-corrected chi connectivity index (χ1v) is 10.1. The number of likely N-dealkylation sites (tertiary alicyclic amines) is 1. The van der Waals surface area contributed by atoms with Crippen LogP contribution in [-0.4, -0.2) is 34.7 Å². The number of piperidine rings is 1. The van der Waals surface area contributed by atoms with Gasteiger partial charge in [0, 0.05) is 30.2 Å². The molecule has 1 saturated heterocycles. The Morgan fingerprint density at radius 2 is 1.96 bits per heavy atom. The highest BCUT2D eigenvalue weighted by Crippen LogP contribution is 2.49. The van der Waals surface area contributed by atoms with Crippen molar-refractivity contribution in [3.05, 3.63) is 70.5 Å². The van der Waals surface area contributed by atoms with Crippen molar-refractivity contribution in [2.75, 3.05) is 13.2 Å². The first-order valence-electron chi connectivity index (χ1n) is 9.71. The second-order valence-electron chi connectivity index (χ2n) is 7.87. The fourth-order valence-corrected chi connectivity index (χ4v) is 4.59. The number of hydrogen-bond donors (Lipinski definition) is 2. The second-order valence-corrected chi connectivity index (χ2v) is 8.27. The molecule has 2 aromatic rings. The van der Waals surface area contributed by atoms with Gasteiger partial charge in [-0.1, -0.05) is 54.1 Å². The Morgan fingerprint density at radius 1 is 1.19 bits per heavy atom. The van der Waals surface area contributed by atoms with Crippen LogP contribution < -0.4 is 5.32 Å². The summed E-state index contributed by atoms with van der Waals surface area (Å²) in [5.74, 6) is -0.437. The van der Waals surface area contributed by atoms with Gasteiger partial charge in [-0.25, -0.2) is 4.39 Å². The molecule has 1 aliphatic carbocycles. The minimum absolute atomic E-state index is 0.101. The van der Waals surface area contributed by atoms with Gasteiger partial charge in [-0.15, -0.1) is 0 Å². The molecule has 27 heavy (non-hydrogen) atoms. The molecule has 144 valence electrons. The molecule has 1 saturated carbocycles. The van der Waals surface area contributed by atoms with Crippen LogP contribution in [0.2, 0.25) is 5.02 Å². The van der Waals surface area contributed by atoms with Crippen molar-refractivity contribution in [2.24, 2.45) is 0 Å². The molecule has 2 unspecified atom stereocenters. The van der Waals surface area contributed by atoms with Gasteiger partial charge >= 0.3 is 0 Å². The summed E-state index contributed by atoms with van der Waals surface area (Å²) in [6.45, 7) is 1.86. The lowest BCUT2D eigenvalue weighted by molar-refractivity contribution is 0.0900. The molecule has 2 N–H and O–H groups in total. The van der Waals surface area contributed by atoms with E-state index in [0.717, 1.165) is 25.9 Å². The van der Waals surface area contributed by atoms with Crippen LogP contribution in [0.1, 0.15) is 42.9 Å². The number of halogens is 2. The van der Waals surface area contributed by atoms with E-state index < -0.39 is 11.9 Å². The second kappa shape index (κ2) is 7.88. The number of aliphatic hydroxyl groups excluding tert-OH is 1. The molecule has 2 aromatic carbocycles. The lowest BCUT2D eigenvalue weighted by Crippen LogP contribution is -2.50. The molecular weight excluding hydrogens is 363 g/mol. The van der Waals surface area contributed by atoms with Crippen LogP contribution in [0.25, 0.3) is 0 Å². The molecule has 2 atom stereocenters. The molecule has 1 aliphatic heterocycles. The van der Waals surface area contributed by atoms with Crippen molar-refractivity contribution >= 4 is 11.6 Å². The van der Waals surface area contributed by atoms with Crippen LogP contribution in [0, 0.1) is 5.82 Å². The first-order chi connectivity index (χ1) is 13.1. The van der Waals surface area contributed by atoms with Crippen LogP contribution in [0.5, 0.6) is 0 Å². The van der Waals surface area contributed by atoms with Crippen molar-refractivity contribution in [1.29, 1.82) is 0 Å². The lowest BCUT2D eigenvalue weighted by Gasteiger charge is -2.41. The molecule has 5 heteroatoms. The van der Waals surface area contributed by atoms with Gasteiger partial charge in [0.05, 0.1) is 17.7 Å². The van der Waals surface area contributed by atoms with Crippen LogP contribution in [-0.2, 0) is 6.54 Å². The molecule has 2 fully saturated rings. The number of nitrogens with one attached hydrogen (secondary N) is 1. The van der Waals surface area contributed by atoms with Gasteiger partial charge in [0.15, 0.2) is 0 Å². The van der Waals surface area contributed by atoms with Gasteiger partial charge < -0.3 is 10.4 Å². The van der Waals surface area contributed by atoms with Gasteiger partial charge in [0.25, 0.3) is 0 Å². The van der Waals surface area contributed by atoms with E-state index in [1.54, 1.807) is 12.1 Å². The van der Waals surface area contributed by atoms with Gasteiger partial charge in [-0.2, -0.15) is 0 Å². The molecule has 0 bridgehead atoms. The van der Waals surface area contributed by atoms with Crippen LogP contribution in [0.4, 0.5) is 4.39 Å². The van der Waals surface area contributed by atoms with Gasteiger partial charge in [-0.05, 0) is 37.3 Å². The number of hydrogen-bond acceptors (Lipinski definition) is 3. The molecular formula is C22H26ClFN2O. The highest BCUT2D eigenvalue weighted by atomic mass is 35.5. The van der Waals surface area contributed by atoms with Crippen molar-refractivity contribution < 1.29 is 9.50 Å². The zero-order chi connectivity index (χ0) is 18.9. The zero-order valence-electron chi connectivity index (χ0n) is 15.4. The third kappa shape index (κ3) is 4.04. The normalized spacial score (nSPS) is 22.7. The molecule has 0 aromatic heterocycles. The van der Waals surface area contributed by atoms with E-state index in [1.165, 1.54) is 24.5 Å². The summed E-state index contributed by atoms with van der Waals surface area (Å²) in [5, 5.41) is 13.4. The molecule has 0 amide bonds. The molecule has 1 spiro atoms. The maximum atomic E-state index is 14.4. The van der Waals surface area contributed by atoms with Crippen LogP contribution in [0.3, 0.4) is 0 Å². The number of rotatable bonds is 6. The minimum Gasteiger partial charge on any atom is -0.394 e. The SMILES string of the molecule is OCC(NC1CCN(Cc2ccccc2)C2(CC2)C1)c1cccc(Cl)c1F. The number of benzene rings is 2. The van der Waals surface area contributed by atoms with E-state index in [9.17, 15) is 9.50 Å². The largest absolute Gasteiger partial charge is 0.394 e. The summed E-state index contributed by atoms with van der Waals surface area (Å²) in [7, 11) is 0. The highest BCUT2D eigenvalue weighted by Gasteiger charge is 2.51. The highest BCUT2D eigenvalue weighted by molar-refractivity contribution is 6.30. The maximum Gasteiger partial charge on any atom is 0.146 e. The number of aliphatic hydroxyl groups is 1. The molecule has 1 heterocycles. The third-order valence-corrected chi connectivity index (χ3v) is 6.36. The minimum atomic E-state index is -0.437. The fourth-order valence-electron chi connectivity index (χ4n) is 4.41. The Bertz CT molecular complexity index is 781. The van der Waals surface area contributed by atoms with Gasteiger partial charge in [0.1, 0.15) is 5.82 Å². The standard InChI is InChI=1S/C22H26ClFN2O/c23-19-8-4-7-18(21(19)24)20(15-27)25-17-9-12-26(22(13-17)10-11-22)14-16-5-2-1-3-6-16/h1-8,17,20,25,27H,9-15H2. The summed E-state index contributed by atoms with van der Waals surface area (Å²) >= 11 is 5.92. The summed E-state index contributed by atoms with van der Waals surface area (Å²) in [4.78, 5) is 2.61. The van der Waals surface area contributed by atoms with E-state index in [0.29, 0.717) is 5.56 Å². The number of nitrogens with zero attached hydrogens (tertiary/aromatic N) is 1. The molecule has 0 radical (unpaired) electrons. The van der Waals surface area contributed by atoms with Crippen LogP contribution in [0.15, 0.2) is 48.5 Å². The van der Waals surface area contributed by atoms with Crippen molar-refractivity contribution in [1.82, 2.24) is 10.2 Å². The first kappa shape index (κ1) is 18.9. The molecule has 2 aliphatic rings. The van der Waals surface area contributed by atoms with Gasteiger partial charge in [-0.3, -0.25) is 4.90 Å². The Kier molecular flexibility index (Phi) is 5.51. The van der Waals surface area contributed by atoms with Crippen molar-refractivity contribution in [3.8, 4) is 0 Å². The fraction of sp³-hybridized carbons (Fsp3) is 0.455. The predicted molar refractivity (Wildman–Crippen MR) is 106 cm³/mol. The van der Waals surface area contributed by atoms with Crippen molar-refractivity contribution in [3.63, 3.8) is 0 Å².